The van der Waals surface area contributed by atoms with E-state index in [1.54, 1.807) is 0 Å². The van der Waals surface area contributed by atoms with Gasteiger partial charge in [0.1, 0.15) is 12.3 Å². The Morgan fingerprint density at radius 2 is 2.00 bits per heavy atom. The molecule has 0 aromatic heterocycles. The molecule has 0 aromatic rings. The zero-order valence-electron chi connectivity index (χ0n) is 5.87. The quantitative estimate of drug-likeness (QED) is 0.480. The first-order valence-electron chi connectivity index (χ1n) is 3.38. The molecule has 2 N–H and O–H groups in total. The molecule has 0 bridgehead atoms. The molecule has 0 aromatic carbocycles. The van der Waals surface area contributed by atoms with Crippen molar-refractivity contribution in [2.24, 2.45) is 11.1 Å². The molecule has 4 heteroatoms. The highest BCUT2D eigenvalue weighted by Gasteiger charge is 2.51. The van der Waals surface area contributed by atoms with Gasteiger partial charge in [0.25, 0.3) is 0 Å². The number of hydrogen-bond donors (Lipinski definition) is 1. The van der Waals surface area contributed by atoms with Crippen LogP contribution in [0.5, 0.6) is 0 Å². The first-order valence-corrected chi connectivity index (χ1v) is 5.87. The van der Waals surface area contributed by atoms with E-state index in [1.807, 2.05) is 21.6 Å². The van der Waals surface area contributed by atoms with Crippen LogP contribution in [0.25, 0.3) is 0 Å². The van der Waals surface area contributed by atoms with Gasteiger partial charge < -0.3 is 10.5 Å². The summed E-state index contributed by atoms with van der Waals surface area (Å²) in [5.41, 5.74) is 5.95. The van der Waals surface area contributed by atoms with E-state index in [9.17, 15) is 0 Å². The molecular formula is C6H11NOS2. The van der Waals surface area contributed by atoms with E-state index in [0.717, 1.165) is 0 Å². The standard InChI is InChI=1S/C6H11NOS2/c1-6(2-9-10-3-6)4-5(7)8-4/h4-5H,2-3,7H2,1H3. The zero-order valence-corrected chi connectivity index (χ0v) is 7.50. The topological polar surface area (TPSA) is 38.5 Å². The Bertz CT molecular complexity index is 147. The average Bonchev–Trinajstić information content (AvgIpc) is 2.44. The van der Waals surface area contributed by atoms with Crippen molar-refractivity contribution in [3.05, 3.63) is 0 Å². The fourth-order valence-corrected chi connectivity index (χ4v) is 4.73. The van der Waals surface area contributed by atoms with Crippen molar-refractivity contribution in [2.75, 3.05) is 11.5 Å². The van der Waals surface area contributed by atoms with E-state index >= 15 is 0 Å². The van der Waals surface area contributed by atoms with Crippen LogP contribution in [-0.2, 0) is 4.74 Å². The van der Waals surface area contributed by atoms with Crippen LogP contribution in [0.15, 0.2) is 0 Å². The Labute approximate surface area is 68.7 Å². The van der Waals surface area contributed by atoms with E-state index in [2.05, 4.69) is 6.92 Å². The van der Waals surface area contributed by atoms with Crippen LogP contribution in [0.2, 0.25) is 0 Å². The van der Waals surface area contributed by atoms with Crippen LogP contribution in [0.3, 0.4) is 0 Å². The molecule has 2 fully saturated rings. The van der Waals surface area contributed by atoms with Crippen molar-refractivity contribution in [3.8, 4) is 0 Å². The second-order valence-corrected chi connectivity index (χ2v) is 5.66. The minimum Gasteiger partial charge on any atom is -0.353 e. The first kappa shape index (κ1) is 7.28. The highest BCUT2D eigenvalue weighted by molar-refractivity contribution is 8.77. The SMILES string of the molecule is CC1(C2OC2N)CSSC1. The van der Waals surface area contributed by atoms with E-state index in [-0.39, 0.29) is 6.23 Å². The predicted molar refractivity (Wildman–Crippen MR) is 45.9 cm³/mol. The molecule has 2 heterocycles. The highest BCUT2D eigenvalue weighted by atomic mass is 33.1. The third kappa shape index (κ3) is 1.07. The van der Waals surface area contributed by atoms with Gasteiger partial charge in [0.2, 0.25) is 0 Å². The molecule has 2 saturated heterocycles. The van der Waals surface area contributed by atoms with Crippen molar-refractivity contribution in [1.29, 1.82) is 0 Å². The second-order valence-electron chi connectivity index (χ2n) is 3.20. The molecule has 0 spiro atoms. The Hall–Kier alpha value is 0.620. The summed E-state index contributed by atoms with van der Waals surface area (Å²) in [6.07, 6.45) is 0.374. The fraction of sp³-hybridized carbons (Fsp3) is 1.00. The maximum Gasteiger partial charge on any atom is 0.133 e. The lowest BCUT2D eigenvalue weighted by molar-refractivity contribution is 0.273. The number of ether oxygens (including phenoxy) is 1. The highest BCUT2D eigenvalue weighted by Crippen LogP contribution is 2.50. The van der Waals surface area contributed by atoms with Crippen LogP contribution >= 0.6 is 21.6 Å². The zero-order chi connectivity index (χ0) is 7.19. The summed E-state index contributed by atoms with van der Waals surface area (Å²) in [6, 6.07) is 0. The molecule has 2 unspecified atom stereocenters. The molecule has 0 amide bonds. The van der Waals surface area contributed by atoms with Gasteiger partial charge in [-0.25, -0.2) is 0 Å². The van der Waals surface area contributed by atoms with Crippen molar-refractivity contribution < 1.29 is 4.74 Å². The molecule has 0 saturated carbocycles. The fourth-order valence-electron chi connectivity index (χ4n) is 1.24. The molecule has 58 valence electrons. The molecule has 2 aliphatic heterocycles. The van der Waals surface area contributed by atoms with Crippen molar-refractivity contribution in [2.45, 2.75) is 19.3 Å². The van der Waals surface area contributed by atoms with Gasteiger partial charge in [-0.3, -0.25) is 0 Å². The van der Waals surface area contributed by atoms with Crippen LogP contribution in [0.4, 0.5) is 0 Å². The number of hydrogen-bond acceptors (Lipinski definition) is 4. The molecular weight excluding hydrogens is 166 g/mol. The minimum atomic E-state index is 0.0318. The maximum atomic E-state index is 5.59. The summed E-state index contributed by atoms with van der Waals surface area (Å²) in [5, 5.41) is 0. The van der Waals surface area contributed by atoms with Crippen LogP contribution in [0, 0.1) is 5.41 Å². The van der Waals surface area contributed by atoms with Crippen LogP contribution < -0.4 is 5.73 Å². The van der Waals surface area contributed by atoms with Gasteiger partial charge in [0, 0.05) is 16.9 Å². The van der Waals surface area contributed by atoms with Gasteiger partial charge in [0.05, 0.1) is 0 Å². The van der Waals surface area contributed by atoms with Gasteiger partial charge in [-0.2, -0.15) is 0 Å². The lowest BCUT2D eigenvalue weighted by Crippen LogP contribution is -2.29. The molecule has 0 radical (unpaired) electrons. The molecule has 2 nitrogen and oxygen atoms in total. The molecule has 2 aliphatic rings. The lowest BCUT2D eigenvalue weighted by atomic mass is 9.91. The van der Waals surface area contributed by atoms with Gasteiger partial charge in [0.15, 0.2) is 0 Å². The third-order valence-corrected chi connectivity index (χ3v) is 5.00. The smallest absolute Gasteiger partial charge is 0.133 e. The predicted octanol–water partition coefficient (Wildman–Crippen LogP) is 1.07. The van der Waals surface area contributed by atoms with Gasteiger partial charge in [-0.05, 0) is 0 Å². The van der Waals surface area contributed by atoms with Gasteiger partial charge in [-0.1, -0.05) is 28.5 Å². The molecule has 2 atom stereocenters. The third-order valence-electron chi connectivity index (χ3n) is 2.07. The number of epoxide rings is 1. The van der Waals surface area contributed by atoms with Crippen molar-refractivity contribution >= 4 is 21.6 Å². The monoisotopic (exact) mass is 177 g/mol. The molecule has 10 heavy (non-hydrogen) atoms. The maximum absolute atomic E-state index is 5.59. The summed E-state index contributed by atoms with van der Waals surface area (Å²) < 4.78 is 5.25. The molecule has 0 aliphatic carbocycles. The van der Waals surface area contributed by atoms with Crippen LogP contribution in [-0.4, -0.2) is 23.8 Å². The van der Waals surface area contributed by atoms with Gasteiger partial charge in [-0.15, -0.1) is 0 Å². The van der Waals surface area contributed by atoms with E-state index in [1.165, 1.54) is 11.5 Å². The normalized spacial score (nSPS) is 43.8. The van der Waals surface area contributed by atoms with Crippen LogP contribution in [0.1, 0.15) is 6.92 Å². The average molecular weight is 177 g/mol. The van der Waals surface area contributed by atoms with Crippen molar-refractivity contribution in [3.63, 3.8) is 0 Å². The summed E-state index contributed by atoms with van der Waals surface area (Å²) >= 11 is 0. The Morgan fingerprint density at radius 1 is 1.50 bits per heavy atom. The van der Waals surface area contributed by atoms with E-state index in [0.29, 0.717) is 11.5 Å². The minimum absolute atomic E-state index is 0.0318. The number of rotatable bonds is 1. The summed E-state index contributed by atoms with van der Waals surface area (Å²) in [5.74, 6) is 2.38. The Balaban J connectivity index is 2.01. The summed E-state index contributed by atoms with van der Waals surface area (Å²) in [4.78, 5) is 0. The van der Waals surface area contributed by atoms with Gasteiger partial charge >= 0.3 is 0 Å². The second kappa shape index (κ2) is 2.30. The number of nitrogens with two attached hydrogens (primary N) is 1. The Kier molecular flexibility index (Phi) is 1.68. The lowest BCUT2D eigenvalue weighted by Gasteiger charge is -2.17. The van der Waals surface area contributed by atoms with Crippen molar-refractivity contribution in [1.82, 2.24) is 0 Å². The van der Waals surface area contributed by atoms with E-state index in [4.69, 9.17) is 10.5 Å². The summed E-state index contributed by atoms with van der Waals surface area (Å²) in [7, 11) is 3.86. The molecule has 2 rings (SSSR count). The van der Waals surface area contributed by atoms with E-state index < -0.39 is 0 Å². The first-order chi connectivity index (χ1) is 4.72. The summed E-state index contributed by atoms with van der Waals surface area (Å²) in [6.45, 7) is 2.26. The largest absolute Gasteiger partial charge is 0.353 e. The Morgan fingerprint density at radius 3 is 2.40 bits per heavy atom.